The van der Waals surface area contributed by atoms with Crippen LogP contribution in [-0.2, 0) is 0 Å². The van der Waals surface area contributed by atoms with E-state index in [1.807, 2.05) is 6.92 Å². The van der Waals surface area contributed by atoms with Crippen molar-refractivity contribution in [3.05, 3.63) is 42.2 Å². The molecular weight excluding hydrogens is 164 g/mol. The molecule has 0 aliphatic rings. The zero-order valence-electron chi connectivity index (χ0n) is 7.58. The zero-order valence-corrected chi connectivity index (χ0v) is 7.58. The van der Waals surface area contributed by atoms with Crippen molar-refractivity contribution in [3.8, 4) is 0 Å². The fourth-order valence-electron chi connectivity index (χ4n) is 0.837. The Morgan fingerprint density at radius 2 is 2.15 bits per heavy atom. The first-order valence-electron chi connectivity index (χ1n) is 4.03. The summed E-state index contributed by atoms with van der Waals surface area (Å²) in [5.74, 6) is -0.0922. The number of rotatable bonds is 3. The fraction of sp³-hybridized carbons (Fsp3) is 0.200. The maximum atomic E-state index is 11.4. The van der Waals surface area contributed by atoms with E-state index in [-0.39, 0.29) is 5.91 Å². The summed E-state index contributed by atoms with van der Waals surface area (Å²) in [7, 11) is 0. The largest absolute Gasteiger partial charge is 0.348 e. The predicted octanol–water partition coefficient (Wildman–Crippen LogP) is 1.39. The Hall–Kier alpha value is -1.64. The van der Waals surface area contributed by atoms with Gasteiger partial charge in [-0.3, -0.25) is 9.78 Å². The molecule has 0 spiro atoms. The third kappa shape index (κ3) is 3.07. The average molecular weight is 176 g/mol. The summed E-state index contributed by atoms with van der Waals surface area (Å²) in [6.45, 7) is 6.08. The highest BCUT2D eigenvalue weighted by Gasteiger charge is 2.02. The van der Waals surface area contributed by atoms with E-state index in [0.717, 1.165) is 5.57 Å². The number of carbonyl (C=O) groups is 1. The molecule has 1 aromatic rings. The van der Waals surface area contributed by atoms with Crippen LogP contribution in [0.4, 0.5) is 0 Å². The van der Waals surface area contributed by atoms with Crippen molar-refractivity contribution in [2.45, 2.75) is 6.92 Å². The van der Waals surface area contributed by atoms with Crippen LogP contribution < -0.4 is 5.32 Å². The monoisotopic (exact) mass is 176 g/mol. The van der Waals surface area contributed by atoms with E-state index in [4.69, 9.17) is 0 Å². The second kappa shape index (κ2) is 4.40. The smallest absolute Gasteiger partial charge is 0.251 e. The molecule has 0 radical (unpaired) electrons. The van der Waals surface area contributed by atoms with Gasteiger partial charge < -0.3 is 5.32 Å². The van der Waals surface area contributed by atoms with Crippen molar-refractivity contribution in [3.63, 3.8) is 0 Å². The van der Waals surface area contributed by atoms with Crippen molar-refractivity contribution < 1.29 is 4.79 Å². The summed E-state index contributed by atoms with van der Waals surface area (Å²) < 4.78 is 0. The van der Waals surface area contributed by atoms with Crippen LogP contribution in [0, 0.1) is 0 Å². The molecule has 0 saturated carbocycles. The van der Waals surface area contributed by atoms with E-state index in [9.17, 15) is 4.79 Å². The number of amides is 1. The van der Waals surface area contributed by atoms with Crippen LogP contribution in [0.1, 0.15) is 17.3 Å². The highest BCUT2D eigenvalue weighted by Crippen LogP contribution is 1.95. The third-order valence-corrected chi connectivity index (χ3v) is 1.49. The topological polar surface area (TPSA) is 42.0 Å². The van der Waals surface area contributed by atoms with Crippen molar-refractivity contribution in [1.29, 1.82) is 0 Å². The van der Waals surface area contributed by atoms with Gasteiger partial charge in [0.15, 0.2) is 0 Å². The number of hydrogen-bond acceptors (Lipinski definition) is 2. The second-order valence-corrected chi connectivity index (χ2v) is 2.88. The number of carbonyl (C=O) groups excluding carboxylic acids is 1. The maximum Gasteiger partial charge on any atom is 0.251 e. The number of nitrogens with one attached hydrogen (secondary N) is 1. The Labute approximate surface area is 77.5 Å². The summed E-state index contributed by atoms with van der Waals surface area (Å²) in [6.07, 6.45) is 3.19. The number of aromatic nitrogens is 1. The summed E-state index contributed by atoms with van der Waals surface area (Å²) in [4.78, 5) is 15.2. The molecule has 1 rings (SSSR count). The molecule has 1 aromatic heterocycles. The van der Waals surface area contributed by atoms with Crippen molar-refractivity contribution in [2.24, 2.45) is 0 Å². The standard InChI is InChI=1S/C10H12N2O/c1-8(2)7-12-10(13)9-3-5-11-6-4-9/h3-6H,1,7H2,2H3,(H,12,13). The van der Waals surface area contributed by atoms with E-state index >= 15 is 0 Å². The van der Waals surface area contributed by atoms with Gasteiger partial charge in [0.25, 0.3) is 5.91 Å². The van der Waals surface area contributed by atoms with Gasteiger partial charge >= 0.3 is 0 Å². The highest BCUT2D eigenvalue weighted by atomic mass is 16.1. The molecule has 1 amide bonds. The summed E-state index contributed by atoms with van der Waals surface area (Å²) in [6, 6.07) is 3.35. The van der Waals surface area contributed by atoms with Gasteiger partial charge in [-0.1, -0.05) is 12.2 Å². The first kappa shape index (κ1) is 9.45. The molecule has 1 heterocycles. The number of hydrogen-bond donors (Lipinski definition) is 1. The van der Waals surface area contributed by atoms with Crippen molar-refractivity contribution >= 4 is 5.91 Å². The van der Waals surface area contributed by atoms with Crippen LogP contribution in [0.2, 0.25) is 0 Å². The summed E-state index contributed by atoms with van der Waals surface area (Å²) in [5.41, 5.74) is 1.55. The van der Waals surface area contributed by atoms with Crippen LogP contribution in [-0.4, -0.2) is 17.4 Å². The third-order valence-electron chi connectivity index (χ3n) is 1.49. The zero-order chi connectivity index (χ0) is 9.68. The predicted molar refractivity (Wildman–Crippen MR) is 51.4 cm³/mol. The first-order chi connectivity index (χ1) is 6.20. The van der Waals surface area contributed by atoms with Crippen LogP contribution >= 0.6 is 0 Å². The summed E-state index contributed by atoms with van der Waals surface area (Å²) >= 11 is 0. The average Bonchev–Trinajstić information content (AvgIpc) is 2.15. The Balaban J connectivity index is 2.54. The molecule has 1 N–H and O–H groups in total. The lowest BCUT2D eigenvalue weighted by molar-refractivity contribution is 0.0957. The molecule has 3 nitrogen and oxygen atoms in total. The maximum absolute atomic E-state index is 11.4. The van der Waals surface area contributed by atoms with E-state index < -0.39 is 0 Å². The molecular formula is C10H12N2O. The highest BCUT2D eigenvalue weighted by molar-refractivity contribution is 5.94. The Morgan fingerprint density at radius 3 is 2.69 bits per heavy atom. The van der Waals surface area contributed by atoms with Gasteiger partial charge in [-0.15, -0.1) is 0 Å². The van der Waals surface area contributed by atoms with Gasteiger partial charge in [0.2, 0.25) is 0 Å². The van der Waals surface area contributed by atoms with Crippen LogP contribution in [0.5, 0.6) is 0 Å². The van der Waals surface area contributed by atoms with E-state index in [2.05, 4.69) is 16.9 Å². The molecule has 0 unspecified atom stereocenters. The molecule has 0 bridgehead atoms. The van der Waals surface area contributed by atoms with Gasteiger partial charge in [0.05, 0.1) is 0 Å². The molecule has 3 heteroatoms. The second-order valence-electron chi connectivity index (χ2n) is 2.88. The van der Waals surface area contributed by atoms with E-state index in [0.29, 0.717) is 12.1 Å². The fourth-order valence-corrected chi connectivity index (χ4v) is 0.837. The molecule has 0 saturated heterocycles. The number of nitrogens with zero attached hydrogens (tertiary/aromatic N) is 1. The van der Waals surface area contributed by atoms with Crippen LogP contribution in [0.25, 0.3) is 0 Å². The molecule has 68 valence electrons. The normalized spacial score (nSPS) is 9.31. The summed E-state index contributed by atoms with van der Waals surface area (Å²) in [5, 5.41) is 2.73. The van der Waals surface area contributed by atoms with Crippen molar-refractivity contribution in [2.75, 3.05) is 6.54 Å². The lowest BCUT2D eigenvalue weighted by Gasteiger charge is -2.03. The Morgan fingerprint density at radius 1 is 1.54 bits per heavy atom. The van der Waals surface area contributed by atoms with Gasteiger partial charge in [-0.2, -0.15) is 0 Å². The Bertz CT molecular complexity index is 306. The van der Waals surface area contributed by atoms with Crippen LogP contribution in [0.15, 0.2) is 36.7 Å². The molecule has 0 aliphatic carbocycles. The quantitative estimate of drug-likeness (QED) is 0.707. The molecule has 0 fully saturated rings. The minimum Gasteiger partial charge on any atom is -0.348 e. The van der Waals surface area contributed by atoms with Crippen LogP contribution in [0.3, 0.4) is 0 Å². The van der Waals surface area contributed by atoms with Gasteiger partial charge in [0, 0.05) is 24.5 Å². The molecule has 0 aromatic carbocycles. The lowest BCUT2D eigenvalue weighted by Crippen LogP contribution is -2.24. The Kier molecular flexibility index (Phi) is 3.20. The van der Waals surface area contributed by atoms with Gasteiger partial charge in [0.1, 0.15) is 0 Å². The van der Waals surface area contributed by atoms with E-state index in [1.54, 1.807) is 24.5 Å². The minimum atomic E-state index is -0.0922. The molecule has 0 atom stereocenters. The minimum absolute atomic E-state index is 0.0922. The molecule has 0 aliphatic heterocycles. The van der Waals surface area contributed by atoms with Gasteiger partial charge in [-0.25, -0.2) is 0 Å². The number of pyridine rings is 1. The SMILES string of the molecule is C=C(C)CNC(=O)c1ccncc1. The van der Waals surface area contributed by atoms with Gasteiger partial charge in [-0.05, 0) is 19.1 Å². The first-order valence-corrected chi connectivity index (χ1v) is 4.03. The molecule has 13 heavy (non-hydrogen) atoms. The van der Waals surface area contributed by atoms with Crippen molar-refractivity contribution in [1.82, 2.24) is 10.3 Å². The van der Waals surface area contributed by atoms with E-state index in [1.165, 1.54) is 0 Å². The lowest BCUT2D eigenvalue weighted by atomic mass is 10.2.